The summed E-state index contributed by atoms with van der Waals surface area (Å²) in [6.07, 6.45) is 1.57. The number of nitriles is 1. The molecular weight excluding hydrogens is 257 g/mol. The summed E-state index contributed by atoms with van der Waals surface area (Å²) in [6, 6.07) is 10.7. The molecule has 0 spiro atoms. The SMILES string of the molecule is N#Cc1ncccc1Nc1ccc(Cl)c(Cl)c1. The highest BCUT2D eigenvalue weighted by atomic mass is 35.5. The van der Waals surface area contributed by atoms with Crippen molar-refractivity contribution in [3.8, 4) is 6.07 Å². The standard InChI is InChI=1S/C12H7Cl2N3/c13-9-4-3-8(6-10(9)14)17-11-2-1-5-16-12(11)7-15/h1-6,17H. The molecule has 0 aliphatic heterocycles. The van der Waals surface area contributed by atoms with Crippen LogP contribution in [0.25, 0.3) is 0 Å². The molecule has 1 aromatic carbocycles. The minimum absolute atomic E-state index is 0.332. The molecule has 2 aromatic rings. The lowest BCUT2D eigenvalue weighted by molar-refractivity contribution is 1.26. The van der Waals surface area contributed by atoms with Crippen molar-refractivity contribution in [3.63, 3.8) is 0 Å². The summed E-state index contributed by atoms with van der Waals surface area (Å²) < 4.78 is 0. The Morgan fingerprint density at radius 3 is 2.71 bits per heavy atom. The number of pyridine rings is 1. The average molecular weight is 264 g/mol. The first kappa shape index (κ1) is 11.7. The molecule has 0 aliphatic rings. The Morgan fingerprint density at radius 1 is 1.18 bits per heavy atom. The molecule has 0 atom stereocenters. The molecule has 84 valence electrons. The Morgan fingerprint density at radius 2 is 2.00 bits per heavy atom. The fraction of sp³-hybridized carbons (Fsp3) is 0. The number of hydrogen-bond acceptors (Lipinski definition) is 3. The van der Waals surface area contributed by atoms with Gasteiger partial charge in [-0.05, 0) is 30.3 Å². The third-order valence-electron chi connectivity index (χ3n) is 2.11. The van der Waals surface area contributed by atoms with Crippen molar-refractivity contribution in [2.24, 2.45) is 0 Å². The number of nitrogens with one attached hydrogen (secondary N) is 1. The first-order valence-corrected chi connectivity index (χ1v) is 5.53. The van der Waals surface area contributed by atoms with Gasteiger partial charge in [0.05, 0.1) is 15.7 Å². The Hall–Kier alpha value is -1.76. The van der Waals surface area contributed by atoms with E-state index in [1.165, 1.54) is 0 Å². The molecule has 0 saturated heterocycles. The second kappa shape index (κ2) is 5.05. The zero-order valence-electron chi connectivity index (χ0n) is 8.61. The van der Waals surface area contributed by atoms with Crippen molar-refractivity contribution in [1.29, 1.82) is 5.26 Å². The van der Waals surface area contributed by atoms with Crippen LogP contribution in [0.1, 0.15) is 5.69 Å². The Labute approximate surface area is 109 Å². The monoisotopic (exact) mass is 263 g/mol. The summed E-state index contributed by atoms with van der Waals surface area (Å²) in [7, 11) is 0. The number of nitrogens with zero attached hydrogens (tertiary/aromatic N) is 2. The molecule has 1 heterocycles. The van der Waals surface area contributed by atoms with Gasteiger partial charge in [0.1, 0.15) is 6.07 Å². The average Bonchev–Trinajstić information content (AvgIpc) is 2.34. The third-order valence-corrected chi connectivity index (χ3v) is 2.85. The minimum Gasteiger partial charge on any atom is -0.353 e. The number of halogens is 2. The molecule has 0 unspecified atom stereocenters. The summed E-state index contributed by atoms with van der Waals surface area (Å²) in [5, 5.41) is 12.9. The molecule has 3 nitrogen and oxygen atoms in total. The van der Waals surface area contributed by atoms with Gasteiger partial charge in [0.15, 0.2) is 5.69 Å². The van der Waals surface area contributed by atoms with Gasteiger partial charge in [-0.25, -0.2) is 4.98 Å². The molecule has 5 heteroatoms. The number of aromatic nitrogens is 1. The van der Waals surface area contributed by atoms with Gasteiger partial charge in [0.25, 0.3) is 0 Å². The maximum absolute atomic E-state index is 8.90. The summed E-state index contributed by atoms with van der Waals surface area (Å²) in [6.45, 7) is 0. The zero-order chi connectivity index (χ0) is 12.3. The van der Waals surface area contributed by atoms with Crippen LogP contribution in [0.5, 0.6) is 0 Å². The van der Waals surface area contributed by atoms with Gasteiger partial charge >= 0.3 is 0 Å². The molecule has 0 fully saturated rings. The predicted molar refractivity (Wildman–Crippen MR) is 68.7 cm³/mol. The van der Waals surface area contributed by atoms with Gasteiger partial charge in [-0.1, -0.05) is 23.2 Å². The molecule has 1 N–H and O–H groups in total. The number of hydrogen-bond donors (Lipinski definition) is 1. The fourth-order valence-electron chi connectivity index (χ4n) is 1.32. The molecule has 1 aromatic heterocycles. The van der Waals surface area contributed by atoms with Gasteiger partial charge in [0, 0.05) is 11.9 Å². The van der Waals surface area contributed by atoms with Crippen molar-refractivity contribution >= 4 is 34.6 Å². The van der Waals surface area contributed by atoms with E-state index in [1.54, 1.807) is 36.5 Å². The highest BCUT2D eigenvalue weighted by Gasteiger charge is 2.04. The second-order valence-corrected chi connectivity index (χ2v) is 4.08. The molecule has 17 heavy (non-hydrogen) atoms. The van der Waals surface area contributed by atoms with Gasteiger partial charge in [-0.3, -0.25) is 0 Å². The van der Waals surface area contributed by atoms with E-state index in [0.29, 0.717) is 21.4 Å². The summed E-state index contributed by atoms with van der Waals surface area (Å²) >= 11 is 11.7. The van der Waals surface area contributed by atoms with Gasteiger partial charge in [-0.2, -0.15) is 5.26 Å². The van der Waals surface area contributed by atoms with Crippen molar-refractivity contribution in [2.45, 2.75) is 0 Å². The van der Waals surface area contributed by atoms with Crippen LogP contribution in [-0.4, -0.2) is 4.98 Å². The lowest BCUT2D eigenvalue weighted by Crippen LogP contribution is -1.95. The summed E-state index contributed by atoms with van der Waals surface area (Å²) in [5.74, 6) is 0. The van der Waals surface area contributed by atoms with Gasteiger partial charge in [0.2, 0.25) is 0 Å². The quantitative estimate of drug-likeness (QED) is 0.891. The number of rotatable bonds is 2. The Balaban J connectivity index is 2.32. The van der Waals surface area contributed by atoms with E-state index in [4.69, 9.17) is 28.5 Å². The second-order valence-electron chi connectivity index (χ2n) is 3.27. The lowest BCUT2D eigenvalue weighted by Gasteiger charge is -2.08. The Kier molecular flexibility index (Phi) is 3.48. The molecule has 0 radical (unpaired) electrons. The van der Waals surface area contributed by atoms with Crippen molar-refractivity contribution < 1.29 is 0 Å². The number of anilines is 2. The maximum atomic E-state index is 8.90. The molecular formula is C12H7Cl2N3. The van der Waals surface area contributed by atoms with E-state index in [0.717, 1.165) is 5.69 Å². The summed E-state index contributed by atoms with van der Waals surface area (Å²) in [5.41, 5.74) is 1.72. The molecule has 0 aliphatic carbocycles. The van der Waals surface area contributed by atoms with Crippen molar-refractivity contribution in [2.75, 3.05) is 5.32 Å². The van der Waals surface area contributed by atoms with Crippen molar-refractivity contribution in [3.05, 3.63) is 52.3 Å². The van der Waals surface area contributed by atoms with Gasteiger partial charge in [-0.15, -0.1) is 0 Å². The fourth-order valence-corrected chi connectivity index (χ4v) is 1.62. The zero-order valence-corrected chi connectivity index (χ0v) is 10.1. The highest BCUT2D eigenvalue weighted by molar-refractivity contribution is 6.42. The molecule has 0 saturated carbocycles. The van der Waals surface area contributed by atoms with Crippen LogP contribution in [0.15, 0.2) is 36.5 Å². The van der Waals surface area contributed by atoms with Crippen LogP contribution in [0.4, 0.5) is 11.4 Å². The summed E-state index contributed by atoms with van der Waals surface area (Å²) in [4.78, 5) is 3.95. The molecule has 0 bridgehead atoms. The lowest BCUT2D eigenvalue weighted by atomic mass is 10.2. The largest absolute Gasteiger partial charge is 0.353 e. The number of benzene rings is 1. The van der Waals surface area contributed by atoms with Gasteiger partial charge < -0.3 is 5.32 Å². The van der Waals surface area contributed by atoms with Crippen molar-refractivity contribution in [1.82, 2.24) is 4.98 Å². The smallest absolute Gasteiger partial charge is 0.163 e. The first-order chi connectivity index (χ1) is 8.20. The normalized spacial score (nSPS) is 9.71. The minimum atomic E-state index is 0.332. The first-order valence-electron chi connectivity index (χ1n) is 4.78. The van der Waals surface area contributed by atoms with E-state index in [1.807, 2.05) is 6.07 Å². The predicted octanol–water partition coefficient (Wildman–Crippen LogP) is 4.00. The van der Waals surface area contributed by atoms with E-state index >= 15 is 0 Å². The highest BCUT2D eigenvalue weighted by Crippen LogP contribution is 2.27. The van der Waals surface area contributed by atoms with Crippen LogP contribution in [0.2, 0.25) is 10.0 Å². The van der Waals surface area contributed by atoms with Crippen LogP contribution in [0, 0.1) is 11.3 Å². The maximum Gasteiger partial charge on any atom is 0.163 e. The van der Waals surface area contributed by atoms with E-state index in [9.17, 15) is 0 Å². The van der Waals surface area contributed by atoms with Crippen LogP contribution < -0.4 is 5.32 Å². The Bertz CT molecular complexity index is 591. The molecule has 0 amide bonds. The van der Waals surface area contributed by atoms with E-state index in [2.05, 4.69) is 10.3 Å². The van der Waals surface area contributed by atoms with E-state index in [-0.39, 0.29) is 0 Å². The van der Waals surface area contributed by atoms with Crippen LogP contribution in [0.3, 0.4) is 0 Å². The third kappa shape index (κ3) is 2.68. The topological polar surface area (TPSA) is 48.7 Å². The molecule has 2 rings (SSSR count). The van der Waals surface area contributed by atoms with Crippen LogP contribution in [-0.2, 0) is 0 Å². The van der Waals surface area contributed by atoms with Crippen LogP contribution >= 0.6 is 23.2 Å². The van der Waals surface area contributed by atoms with E-state index < -0.39 is 0 Å².